The zero-order valence-electron chi connectivity index (χ0n) is 10.1. The number of hydrogen-bond acceptors (Lipinski definition) is 3. The molecule has 0 aromatic rings. The van der Waals surface area contributed by atoms with Crippen LogP contribution in [0.15, 0.2) is 0 Å². The van der Waals surface area contributed by atoms with Gasteiger partial charge in [0, 0.05) is 25.2 Å². The van der Waals surface area contributed by atoms with E-state index in [2.05, 4.69) is 25.8 Å². The number of nitrogens with two attached hydrogens (primary N) is 1. The summed E-state index contributed by atoms with van der Waals surface area (Å²) in [5.74, 6) is 0.0839. The van der Waals surface area contributed by atoms with Crippen molar-refractivity contribution in [2.75, 3.05) is 26.7 Å². The highest BCUT2D eigenvalue weighted by Gasteiger charge is 2.25. The van der Waals surface area contributed by atoms with Gasteiger partial charge in [-0.05, 0) is 33.7 Å². The smallest absolute Gasteiger partial charge is 0.236 e. The largest absolute Gasteiger partial charge is 0.341 e. The molecule has 0 saturated carbocycles. The number of rotatable bonds is 3. The summed E-state index contributed by atoms with van der Waals surface area (Å²) in [6.07, 6.45) is 2.14. The van der Waals surface area contributed by atoms with Crippen LogP contribution in [0, 0.1) is 0 Å². The summed E-state index contributed by atoms with van der Waals surface area (Å²) in [5, 5.41) is 0. The normalized spacial score (nSPS) is 18.9. The standard InChI is InChI=1S/C11H23N3O/c1-9(2)13(3)10-4-6-14(7-5-10)11(15)8-12/h9-10H,4-8,12H2,1-3H3. The summed E-state index contributed by atoms with van der Waals surface area (Å²) in [6, 6.07) is 1.19. The third-order valence-corrected chi connectivity index (χ3v) is 3.38. The maximum absolute atomic E-state index is 11.4. The van der Waals surface area contributed by atoms with Crippen molar-refractivity contribution in [3.8, 4) is 0 Å². The molecule has 1 saturated heterocycles. The molecule has 1 amide bonds. The third-order valence-electron chi connectivity index (χ3n) is 3.38. The van der Waals surface area contributed by atoms with Crippen LogP contribution in [0.1, 0.15) is 26.7 Å². The molecule has 0 bridgehead atoms. The Kier molecular flexibility index (Phi) is 4.54. The molecule has 0 unspecified atom stereocenters. The van der Waals surface area contributed by atoms with E-state index in [4.69, 9.17) is 5.73 Å². The van der Waals surface area contributed by atoms with Crippen molar-refractivity contribution < 1.29 is 4.79 Å². The Bertz CT molecular complexity index is 210. The first-order valence-electron chi connectivity index (χ1n) is 5.76. The van der Waals surface area contributed by atoms with E-state index < -0.39 is 0 Å². The second-order valence-corrected chi connectivity index (χ2v) is 4.58. The minimum absolute atomic E-state index is 0.0839. The summed E-state index contributed by atoms with van der Waals surface area (Å²) in [5.41, 5.74) is 5.34. The molecule has 0 radical (unpaired) electrons. The molecular weight excluding hydrogens is 190 g/mol. The van der Waals surface area contributed by atoms with Gasteiger partial charge in [0.05, 0.1) is 6.54 Å². The molecule has 0 aliphatic carbocycles. The quantitative estimate of drug-likeness (QED) is 0.732. The lowest BCUT2D eigenvalue weighted by atomic mass is 10.0. The van der Waals surface area contributed by atoms with Crippen LogP contribution in [0.25, 0.3) is 0 Å². The third kappa shape index (κ3) is 3.18. The highest BCUT2D eigenvalue weighted by atomic mass is 16.2. The van der Waals surface area contributed by atoms with Crippen molar-refractivity contribution in [3.63, 3.8) is 0 Å². The predicted octanol–water partition coefficient (Wildman–Crippen LogP) is 0.276. The van der Waals surface area contributed by atoms with E-state index in [1.54, 1.807) is 0 Å². The first kappa shape index (κ1) is 12.5. The molecule has 4 nitrogen and oxygen atoms in total. The van der Waals surface area contributed by atoms with Gasteiger partial charge in [-0.1, -0.05) is 0 Å². The number of carbonyl (C=O) groups excluding carboxylic acids is 1. The molecule has 1 aliphatic rings. The molecule has 4 heteroatoms. The number of carbonyl (C=O) groups is 1. The van der Waals surface area contributed by atoms with Crippen LogP contribution in [0.5, 0.6) is 0 Å². The van der Waals surface area contributed by atoms with Gasteiger partial charge < -0.3 is 15.5 Å². The number of hydrogen-bond donors (Lipinski definition) is 1. The van der Waals surface area contributed by atoms with Crippen LogP contribution in [0.4, 0.5) is 0 Å². The molecule has 0 aromatic carbocycles. The Balaban J connectivity index is 2.39. The van der Waals surface area contributed by atoms with Gasteiger partial charge in [0.2, 0.25) is 5.91 Å². The number of amides is 1. The molecule has 15 heavy (non-hydrogen) atoms. The molecule has 2 N–H and O–H groups in total. The Morgan fingerprint density at radius 3 is 2.40 bits per heavy atom. The second kappa shape index (κ2) is 5.47. The molecule has 1 aliphatic heterocycles. The molecule has 1 rings (SSSR count). The van der Waals surface area contributed by atoms with E-state index in [0.717, 1.165) is 25.9 Å². The Labute approximate surface area is 92.4 Å². The molecular formula is C11H23N3O. The van der Waals surface area contributed by atoms with Crippen LogP contribution >= 0.6 is 0 Å². The van der Waals surface area contributed by atoms with Crippen molar-refractivity contribution in [3.05, 3.63) is 0 Å². The van der Waals surface area contributed by atoms with E-state index in [0.29, 0.717) is 12.1 Å². The summed E-state index contributed by atoms with van der Waals surface area (Å²) < 4.78 is 0. The van der Waals surface area contributed by atoms with Crippen LogP contribution in [-0.2, 0) is 4.79 Å². The minimum atomic E-state index is 0.0839. The molecule has 0 aromatic heterocycles. The lowest BCUT2D eigenvalue weighted by Crippen LogP contribution is -2.48. The lowest BCUT2D eigenvalue weighted by molar-refractivity contribution is -0.131. The van der Waals surface area contributed by atoms with Gasteiger partial charge in [-0.25, -0.2) is 0 Å². The summed E-state index contributed by atoms with van der Waals surface area (Å²) in [6.45, 7) is 6.27. The Hall–Kier alpha value is -0.610. The maximum Gasteiger partial charge on any atom is 0.236 e. The van der Waals surface area contributed by atoms with Crippen LogP contribution < -0.4 is 5.73 Å². The summed E-state index contributed by atoms with van der Waals surface area (Å²) >= 11 is 0. The van der Waals surface area contributed by atoms with Gasteiger partial charge in [-0.2, -0.15) is 0 Å². The zero-order valence-corrected chi connectivity index (χ0v) is 10.1. The van der Waals surface area contributed by atoms with Crippen molar-refractivity contribution in [1.29, 1.82) is 0 Å². The highest BCUT2D eigenvalue weighted by molar-refractivity contribution is 5.78. The van der Waals surface area contributed by atoms with Crippen molar-refractivity contribution in [2.24, 2.45) is 5.73 Å². The molecule has 1 fully saturated rings. The first-order valence-corrected chi connectivity index (χ1v) is 5.76. The van der Waals surface area contributed by atoms with Gasteiger partial charge >= 0.3 is 0 Å². The fourth-order valence-electron chi connectivity index (χ4n) is 2.07. The highest BCUT2D eigenvalue weighted by Crippen LogP contribution is 2.16. The van der Waals surface area contributed by atoms with Crippen LogP contribution in [0.2, 0.25) is 0 Å². The van der Waals surface area contributed by atoms with Crippen LogP contribution in [0.3, 0.4) is 0 Å². The van der Waals surface area contributed by atoms with Gasteiger partial charge in [-0.15, -0.1) is 0 Å². The fraction of sp³-hybridized carbons (Fsp3) is 0.909. The predicted molar refractivity (Wildman–Crippen MR) is 61.6 cm³/mol. The van der Waals surface area contributed by atoms with E-state index in [1.165, 1.54) is 0 Å². The molecule has 88 valence electrons. The number of piperidine rings is 1. The average molecular weight is 213 g/mol. The number of likely N-dealkylation sites (tertiary alicyclic amines) is 1. The van der Waals surface area contributed by atoms with Gasteiger partial charge in [0.25, 0.3) is 0 Å². The first-order chi connectivity index (χ1) is 7.06. The molecule has 1 heterocycles. The fourth-order valence-corrected chi connectivity index (χ4v) is 2.07. The molecule has 0 spiro atoms. The van der Waals surface area contributed by atoms with Gasteiger partial charge in [0.1, 0.15) is 0 Å². The topological polar surface area (TPSA) is 49.6 Å². The second-order valence-electron chi connectivity index (χ2n) is 4.58. The van der Waals surface area contributed by atoms with Gasteiger partial charge in [-0.3, -0.25) is 4.79 Å². The van der Waals surface area contributed by atoms with Crippen molar-refractivity contribution in [2.45, 2.75) is 38.8 Å². The van der Waals surface area contributed by atoms with E-state index in [-0.39, 0.29) is 12.5 Å². The average Bonchev–Trinajstić information content (AvgIpc) is 2.27. The van der Waals surface area contributed by atoms with E-state index in [1.807, 2.05) is 4.90 Å². The Morgan fingerprint density at radius 2 is 2.00 bits per heavy atom. The monoisotopic (exact) mass is 213 g/mol. The van der Waals surface area contributed by atoms with Crippen molar-refractivity contribution in [1.82, 2.24) is 9.80 Å². The van der Waals surface area contributed by atoms with Crippen molar-refractivity contribution >= 4 is 5.91 Å². The molecule has 0 atom stereocenters. The maximum atomic E-state index is 11.4. The SMILES string of the molecule is CC(C)N(C)C1CCN(C(=O)CN)CC1. The Morgan fingerprint density at radius 1 is 1.47 bits per heavy atom. The lowest BCUT2D eigenvalue weighted by Gasteiger charge is -2.38. The van der Waals surface area contributed by atoms with Gasteiger partial charge in [0.15, 0.2) is 0 Å². The minimum Gasteiger partial charge on any atom is -0.341 e. The number of nitrogens with zero attached hydrogens (tertiary/aromatic N) is 2. The summed E-state index contributed by atoms with van der Waals surface area (Å²) in [4.78, 5) is 15.6. The van der Waals surface area contributed by atoms with E-state index in [9.17, 15) is 4.79 Å². The summed E-state index contributed by atoms with van der Waals surface area (Å²) in [7, 11) is 2.16. The van der Waals surface area contributed by atoms with Crippen LogP contribution in [-0.4, -0.2) is 54.5 Å². The van der Waals surface area contributed by atoms with E-state index >= 15 is 0 Å². The zero-order chi connectivity index (χ0) is 11.4.